The van der Waals surface area contributed by atoms with Crippen LogP contribution >= 0.6 is 0 Å². The molecule has 0 radical (unpaired) electrons. The van der Waals surface area contributed by atoms with Gasteiger partial charge < -0.3 is 9.67 Å². The van der Waals surface area contributed by atoms with E-state index in [4.69, 9.17) is 0 Å². The lowest BCUT2D eigenvalue weighted by atomic mass is 10.3. The van der Waals surface area contributed by atoms with Gasteiger partial charge in [-0.05, 0) is 12.1 Å². The van der Waals surface area contributed by atoms with Crippen LogP contribution < -0.4 is 5.11 Å². The molecule has 0 unspecified atom stereocenters. The number of fused-ring (bicyclic) bond motifs is 1. The fourth-order valence-corrected chi connectivity index (χ4v) is 1.39. The maximum absolute atomic E-state index is 12.1. The van der Waals surface area contributed by atoms with E-state index in [1.165, 1.54) is 12.1 Å². The average molecular weight is 215 g/mol. The Labute approximate surface area is 82.8 Å². The molecule has 2 rings (SSSR count). The molecule has 15 heavy (non-hydrogen) atoms. The van der Waals surface area contributed by atoms with Crippen LogP contribution in [0.25, 0.3) is 11.0 Å². The van der Waals surface area contributed by atoms with Crippen molar-refractivity contribution < 1.29 is 18.3 Å². The van der Waals surface area contributed by atoms with Gasteiger partial charge in [0.1, 0.15) is 6.54 Å². The smallest absolute Gasteiger partial charge is 0.406 e. The van der Waals surface area contributed by atoms with E-state index in [1.807, 2.05) is 0 Å². The number of halogens is 3. The number of hydrogen-bond donors (Lipinski definition) is 0. The second kappa shape index (κ2) is 3.15. The first-order valence-corrected chi connectivity index (χ1v) is 4.16. The zero-order valence-electron chi connectivity index (χ0n) is 7.45. The molecule has 0 N–H and O–H groups in total. The molecule has 2 aromatic rings. The summed E-state index contributed by atoms with van der Waals surface area (Å²) in [6, 6.07) is 5.26. The van der Waals surface area contributed by atoms with Crippen LogP contribution in [0.4, 0.5) is 13.2 Å². The molecule has 0 aliphatic heterocycles. The van der Waals surface area contributed by atoms with Gasteiger partial charge in [-0.15, -0.1) is 0 Å². The van der Waals surface area contributed by atoms with Gasteiger partial charge in [0.2, 0.25) is 0 Å². The van der Waals surface area contributed by atoms with Crippen molar-refractivity contribution in [2.75, 3.05) is 0 Å². The Morgan fingerprint density at radius 2 is 1.93 bits per heavy atom. The molecule has 0 fully saturated rings. The second-order valence-electron chi connectivity index (χ2n) is 3.08. The number of hydrogen-bond acceptors (Lipinski definition) is 2. The summed E-state index contributed by atoms with van der Waals surface area (Å²) in [5, 5.41) is 11.2. The summed E-state index contributed by atoms with van der Waals surface area (Å²) >= 11 is 0. The summed E-state index contributed by atoms with van der Waals surface area (Å²) in [5.41, 5.74) is 0.492. The molecule has 80 valence electrons. The number of aromatic nitrogens is 2. The molecule has 1 aromatic carbocycles. The number of imidazole rings is 1. The van der Waals surface area contributed by atoms with E-state index in [0.29, 0.717) is 4.57 Å². The van der Waals surface area contributed by atoms with E-state index in [9.17, 15) is 18.3 Å². The first-order valence-electron chi connectivity index (χ1n) is 4.16. The van der Waals surface area contributed by atoms with E-state index in [2.05, 4.69) is 4.98 Å². The highest BCUT2D eigenvalue weighted by Gasteiger charge is 2.28. The van der Waals surface area contributed by atoms with Crippen LogP contribution in [0, 0.1) is 0 Å². The van der Waals surface area contributed by atoms with Gasteiger partial charge in [0.25, 0.3) is 0 Å². The predicted molar refractivity (Wildman–Crippen MR) is 45.2 cm³/mol. The lowest BCUT2D eigenvalue weighted by molar-refractivity contribution is -0.287. The number of para-hydroxylation sites is 2. The average Bonchev–Trinajstić information content (AvgIpc) is 2.41. The first kappa shape index (κ1) is 9.82. The fraction of sp³-hybridized carbons (Fsp3) is 0.222. The summed E-state index contributed by atoms with van der Waals surface area (Å²) in [6.45, 7) is -1.30. The standard InChI is InChI=1S/C9H7F3N2O/c10-9(11,12)5-14-7-4-2-1-3-6(7)13-8(14)15/h1-4H,5H2,(H,13,15)/p-1. The first-order chi connectivity index (χ1) is 6.97. The van der Waals surface area contributed by atoms with Gasteiger partial charge in [-0.25, -0.2) is 4.98 Å². The van der Waals surface area contributed by atoms with Gasteiger partial charge in [0.05, 0.1) is 17.0 Å². The van der Waals surface area contributed by atoms with E-state index >= 15 is 0 Å². The van der Waals surface area contributed by atoms with Crippen LogP contribution in [0.2, 0.25) is 0 Å². The summed E-state index contributed by atoms with van der Waals surface area (Å²) in [5.74, 6) is 0. The SMILES string of the molecule is [O-]c1nc2ccccc2n1CC(F)(F)F. The molecule has 0 aliphatic rings. The highest BCUT2D eigenvalue weighted by atomic mass is 19.4. The van der Waals surface area contributed by atoms with Gasteiger partial charge in [-0.3, -0.25) is 0 Å². The summed E-state index contributed by atoms with van der Waals surface area (Å²) in [4.78, 5) is 3.50. The zero-order valence-corrected chi connectivity index (χ0v) is 7.45. The van der Waals surface area contributed by atoms with Crippen molar-refractivity contribution in [1.29, 1.82) is 0 Å². The van der Waals surface area contributed by atoms with Crippen molar-refractivity contribution in [3.8, 4) is 6.01 Å². The van der Waals surface area contributed by atoms with Crippen molar-refractivity contribution in [3.63, 3.8) is 0 Å². The Kier molecular flexibility index (Phi) is 2.06. The minimum atomic E-state index is -4.41. The Morgan fingerprint density at radius 3 is 2.60 bits per heavy atom. The lowest BCUT2D eigenvalue weighted by Gasteiger charge is -2.13. The minimum Gasteiger partial charge on any atom is -0.846 e. The van der Waals surface area contributed by atoms with Gasteiger partial charge in [-0.2, -0.15) is 13.2 Å². The summed E-state index contributed by atoms with van der Waals surface area (Å²) in [6.07, 6.45) is -4.41. The van der Waals surface area contributed by atoms with Crippen molar-refractivity contribution in [2.45, 2.75) is 12.7 Å². The van der Waals surface area contributed by atoms with Crippen molar-refractivity contribution in [3.05, 3.63) is 24.3 Å². The molecule has 3 nitrogen and oxygen atoms in total. The highest BCUT2D eigenvalue weighted by Crippen LogP contribution is 2.24. The fourth-order valence-electron chi connectivity index (χ4n) is 1.39. The van der Waals surface area contributed by atoms with Crippen LogP contribution in [-0.2, 0) is 6.54 Å². The monoisotopic (exact) mass is 215 g/mol. The van der Waals surface area contributed by atoms with Crippen LogP contribution in [-0.4, -0.2) is 15.7 Å². The number of alkyl halides is 3. The van der Waals surface area contributed by atoms with Crippen molar-refractivity contribution in [2.24, 2.45) is 0 Å². The third-order valence-corrected chi connectivity index (χ3v) is 1.96. The van der Waals surface area contributed by atoms with Crippen LogP contribution in [0.3, 0.4) is 0 Å². The number of nitrogens with zero attached hydrogens (tertiary/aromatic N) is 2. The van der Waals surface area contributed by atoms with E-state index in [0.717, 1.165) is 0 Å². The molecule has 0 amide bonds. The summed E-state index contributed by atoms with van der Waals surface area (Å²) < 4.78 is 37.0. The molecule has 0 aliphatic carbocycles. The molecule has 0 saturated carbocycles. The molecular weight excluding hydrogens is 209 g/mol. The van der Waals surface area contributed by atoms with Gasteiger partial charge in [-0.1, -0.05) is 12.1 Å². The molecule has 1 heterocycles. The molecule has 0 bridgehead atoms. The molecule has 0 saturated heterocycles. The van der Waals surface area contributed by atoms with Gasteiger partial charge >= 0.3 is 6.18 Å². The largest absolute Gasteiger partial charge is 0.846 e. The van der Waals surface area contributed by atoms with Crippen LogP contribution in [0.1, 0.15) is 0 Å². The maximum Gasteiger partial charge on any atom is 0.406 e. The van der Waals surface area contributed by atoms with Crippen molar-refractivity contribution >= 4 is 11.0 Å². The van der Waals surface area contributed by atoms with E-state index in [-0.39, 0.29) is 11.0 Å². The number of rotatable bonds is 1. The zero-order chi connectivity index (χ0) is 11.1. The van der Waals surface area contributed by atoms with Gasteiger partial charge in [0.15, 0.2) is 0 Å². The predicted octanol–water partition coefficient (Wildman–Crippen LogP) is 1.67. The Morgan fingerprint density at radius 1 is 1.27 bits per heavy atom. The Bertz CT molecular complexity index is 490. The van der Waals surface area contributed by atoms with Crippen LogP contribution in [0.15, 0.2) is 24.3 Å². The third-order valence-electron chi connectivity index (χ3n) is 1.96. The second-order valence-corrected chi connectivity index (χ2v) is 3.08. The van der Waals surface area contributed by atoms with E-state index in [1.54, 1.807) is 12.1 Å². The molecule has 6 heteroatoms. The molecular formula is C9H6F3N2O-. The normalized spacial score (nSPS) is 12.2. The van der Waals surface area contributed by atoms with E-state index < -0.39 is 18.7 Å². The summed E-state index contributed by atoms with van der Waals surface area (Å²) in [7, 11) is 0. The lowest BCUT2D eigenvalue weighted by Crippen LogP contribution is -2.19. The third kappa shape index (κ3) is 1.88. The molecule has 0 spiro atoms. The minimum absolute atomic E-state index is 0.208. The molecule has 1 aromatic heterocycles. The number of benzene rings is 1. The Balaban J connectivity index is 2.54. The van der Waals surface area contributed by atoms with Crippen LogP contribution in [0.5, 0.6) is 6.01 Å². The van der Waals surface area contributed by atoms with Crippen molar-refractivity contribution in [1.82, 2.24) is 9.55 Å². The Hall–Kier alpha value is -1.72. The van der Waals surface area contributed by atoms with Gasteiger partial charge in [0, 0.05) is 0 Å². The highest BCUT2D eigenvalue weighted by molar-refractivity contribution is 5.76. The molecule has 0 atom stereocenters. The topological polar surface area (TPSA) is 40.9 Å². The maximum atomic E-state index is 12.1. The quantitative estimate of drug-likeness (QED) is 0.726.